The van der Waals surface area contributed by atoms with Crippen molar-refractivity contribution in [3.63, 3.8) is 0 Å². The maximum atomic E-state index is 14.4. The molecule has 1 heterocycles. The van der Waals surface area contributed by atoms with Gasteiger partial charge in [-0.2, -0.15) is 0 Å². The molecule has 0 spiro atoms. The third kappa shape index (κ3) is 3.88. The SMILES string of the molecule is O=C(Nc1ccc(F)c(C(=O)c2ccc3nccnc3c2)c1)c1ccc(F)c(Cl)c1. The number of nitrogens with one attached hydrogen (secondary N) is 1. The summed E-state index contributed by atoms with van der Waals surface area (Å²) in [7, 11) is 0. The number of anilines is 1. The van der Waals surface area contributed by atoms with E-state index in [-0.39, 0.29) is 27.4 Å². The van der Waals surface area contributed by atoms with Crippen molar-refractivity contribution in [3.05, 3.63) is 100 Å². The van der Waals surface area contributed by atoms with Gasteiger partial charge in [0.05, 0.1) is 21.6 Å². The van der Waals surface area contributed by atoms with Gasteiger partial charge < -0.3 is 5.32 Å². The zero-order valence-corrected chi connectivity index (χ0v) is 16.0. The van der Waals surface area contributed by atoms with E-state index in [2.05, 4.69) is 15.3 Å². The van der Waals surface area contributed by atoms with E-state index in [4.69, 9.17) is 11.6 Å². The number of amides is 1. The summed E-state index contributed by atoms with van der Waals surface area (Å²) in [6.45, 7) is 0. The van der Waals surface area contributed by atoms with Gasteiger partial charge in [-0.25, -0.2) is 8.78 Å². The Morgan fingerprint density at radius 3 is 2.27 bits per heavy atom. The summed E-state index contributed by atoms with van der Waals surface area (Å²) in [5.41, 5.74) is 1.44. The van der Waals surface area contributed by atoms with Crippen LogP contribution in [0.15, 0.2) is 67.0 Å². The third-order valence-corrected chi connectivity index (χ3v) is 4.67. The molecule has 8 heteroatoms. The van der Waals surface area contributed by atoms with Gasteiger partial charge in [0.1, 0.15) is 11.6 Å². The number of hydrogen-bond acceptors (Lipinski definition) is 4. The molecule has 0 atom stereocenters. The molecule has 148 valence electrons. The highest BCUT2D eigenvalue weighted by Crippen LogP contribution is 2.22. The largest absolute Gasteiger partial charge is 0.322 e. The summed E-state index contributed by atoms with van der Waals surface area (Å²) in [6, 6.07) is 11.8. The Hall–Kier alpha value is -3.71. The summed E-state index contributed by atoms with van der Waals surface area (Å²) in [6.07, 6.45) is 3.03. The zero-order valence-electron chi connectivity index (χ0n) is 15.2. The molecule has 0 bridgehead atoms. The number of ketones is 1. The number of nitrogens with zero attached hydrogens (tertiary/aromatic N) is 2. The Bertz CT molecular complexity index is 1310. The Kier molecular flexibility index (Phi) is 5.20. The van der Waals surface area contributed by atoms with E-state index in [1.54, 1.807) is 6.07 Å². The first-order valence-electron chi connectivity index (χ1n) is 8.74. The maximum Gasteiger partial charge on any atom is 0.255 e. The average Bonchev–Trinajstić information content (AvgIpc) is 2.76. The van der Waals surface area contributed by atoms with E-state index < -0.39 is 23.3 Å². The smallest absolute Gasteiger partial charge is 0.255 e. The van der Waals surface area contributed by atoms with Gasteiger partial charge in [0.2, 0.25) is 0 Å². The zero-order chi connectivity index (χ0) is 21.3. The highest BCUT2D eigenvalue weighted by molar-refractivity contribution is 6.31. The molecule has 4 aromatic rings. The Morgan fingerprint density at radius 2 is 1.50 bits per heavy atom. The van der Waals surface area contributed by atoms with E-state index in [0.29, 0.717) is 11.0 Å². The van der Waals surface area contributed by atoms with Crippen LogP contribution in [0.5, 0.6) is 0 Å². The van der Waals surface area contributed by atoms with Crippen LogP contribution >= 0.6 is 11.6 Å². The van der Waals surface area contributed by atoms with E-state index >= 15 is 0 Å². The van der Waals surface area contributed by atoms with Crippen molar-refractivity contribution in [2.24, 2.45) is 0 Å². The summed E-state index contributed by atoms with van der Waals surface area (Å²) >= 11 is 5.70. The van der Waals surface area contributed by atoms with Crippen LogP contribution in [0, 0.1) is 11.6 Å². The number of hydrogen-bond donors (Lipinski definition) is 1. The maximum absolute atomic E-state index is 14.4. The van der Waals surface area contributed by atoms with Crippen molar-refractivity contribution in [1.29, 1.82) is 0 Å². The van der Waals surface area contributed by atoms with E-state index in [9.17, 15) is 18.4 Å². The molecule has 1 amide bonds. The molecule has 5 nitrogen and oxygen atoms in total. The van der Waals surface area contributed by atoms with Crippen LogP contribution in [-0.2, 0) is 0 Å². The lowest BCUT2D eigenvalue weighted by atomic mass is 10.0. The van der Waals surface area contributed by atoms with Gasteiger partial charge in [-0.05, 0) is 54.6 Å². The van der Waals surface area contributed by atoms with Gasteiger partial charge in [-0.3, -0.25) is 19.6 Å². The number of benzene rings is 3. The first-order chi connectivity index (χ1) is 14.4. The fourth-order valence-electron chi connectivity index (χ4n) is 2.88. The number of aromatic nitrogens is 2. The fraction of sp³-hybridized carbons (Fsp3) is 0. The minimum atomic E-state index is -0.734. The Balaban J connectivity index is 1.62. The molecule has 0 aliphatic rings. The number of rotatable bonds is 4. The molecule has 0 aliphatic heterocycles. The van der Waals surface area contributed by atoms with Crippen LogP contribution in [0.25, 0.3) is 11.0 Å². The van der Waals surface area contributed by atoms with Crippen molar-refractivity contribution in [3.8, 4) is 0 Å². The van der Waals surface area contributed by atoms with Crippen molar-refractivity contribution in [2.75, 3.05) is 5.32 Å². The van der Waals surface area contributed by atoms with Crippen LogP contribution in [0.2, 0.25) is 5.02 Å². The second-order valence-electron chi connectivity index (χ2n) is 6.37. The summed E-state index contributed by atoms with van der Waals surface area (Å²) in [4.78, 5) is 33.5. The first-order valence-corrected chi connectivity index (χ1v) is 9.11. The molecule has 1 aromatic heterocycles. The van der Waals surface area contributed by atoms with E-state index in [1.165, 1.54) is 48.8 Å². The summed E-state index contributed by atoms with van der Waals surface area (Å²) < 4.78 is 27.6. The monoisotopic (exact) mass is 423 g/mol. The second kappa shape index (κ2) is 7.96. The van der Waals surface area contributed by atoms with Crippen molar-refractivity contribution < 1.29 is 18.4 Å². The van der Waals surface area contributed by atoms with Gasteiger partial charge in [-0.15, -0.1) is 0 Å². The fourth-order valence-corrected chi connectivity index (χ4v) is 3.06. The van der Waals surface area contributed by atoms with Crippen LogP contribution < -0.4 is 5.32 Å². The number of fused-ring (bicyclic) bond motifs is 1. The van der Waals surface area contributed by atoms with E-state index in [1.807, 2.05) is 0 Å². The van der Waals surface area contributed by atoms with Crippen molar-refractivity contribution in [2.45, 2.75) is 0 Å². The molecular formula is C22H12ClF2N3O2. The lowest BCUT2D eigenvalue weighted by Gasteiger charge is -2.09. The molecular weight excluding hydrogens is 412 g/mol. The molecule has 1 N–H and O–H groups in total. The highest BCUT2D eigenvalue weighted by atomic mass is 35.5. The normalized spacial score (nSPS) is 10.8. The molecule has 30 heavy (non-hydrogen) atoms. The minimum absolute atomic E-state index is 0.117. The molecule has 4 rings (SSSR count). The Labute approximate surface area is 174 Å². The van der Waals surface area contributed by atoms with Crippen LogP contribution in [0.4, 0.5) is 14.5 Å². The first kappa shape index (κ1) is 19.6. The predicted molar refractivity (Wildman–Crippen MR) is 109 cm³/mol. The van der Waals surface area contributed by atoms with Gasteiger partial charge >= 0.3 is 0 Å². The third-order valence-electron chi connectivity index (χ3n) is 4.38. The second-order valence-corrected chi connectivity index (χ2v) is 6.77. The predicted octanol–water partition coefficient (Wildman–Crippen LogP) is 5.04. The standard InChI is InChI=1S/C22H12ClF2N3O2/c23-16-9-13(1-4-18(16)25)22(30)28-14-3-5-17(24)15(11-14)21(29)12-2-6-19-20(10-12)27-8-7-26-19/h1-11H,(H,28,30). The number of carbonyl (C=O) groups is 2. The molecule has 0 saturated carbocycles. The molecule has 0 fully saturated rings. The van der Waals surface area contributed by atoms with Crippen LogP contribution in [0.1, 0.15) is 26.3 Å². The van der Waals surface area contributed by atoms with Gasteiger partial charge in [-0.1, -0.05) is 11.6 Å². The molecule has 3 aromatic carbocycles. The van der Waals surface area contributed by atoms with Gasteiger partial charge in [0.25, 0.3) is 5.91 Å². The topological polar surface area (TPSA) is 72.0 Å². The minimum Gasteiger partial charge on any atom is -0.322 e. The number of carbonyl (C=O) groups excluding carboxylic acids is 2. The van der Waals surface area contributed by atoms with Gasteiger partial charge in [0.15, 0.2) is 5.78 Å². The summed E-state index contributed by atoms with van der Waals surface area (Å²) in [5.74, 6) is -2.53. The van der Waals surface area contributed by atoms with Crippen molar-refractivity contribution in [1.82, 2.24) is 9.97 Å². The molecule has 0 aliphatic carbocycles. The highest BCUT2D eigenvalue weighted by Gasteiger charge is 2.17. The summed E-state index contributed by atoms with van der Waals surface area (Å²) in [5, 5.41) is 2.35. The van der Waals surface area contributed by atoms with Crippen molar-refractivity contribution >= 4 is 40.0 Å². The quantitative estimate of drug-likeness (QED) is 0.466. The molecule has 0 radical (unpaired) electrons. The van der Waals surface area contributed by atoms with E-state index in [0.717, 1.165) is 12.1 Å². The number of halogens is 3. The average molecular weight is 424 g/mol. The molecule has 0 saturated heterocycles. The molecule has 0 unspecified atom stereocenters. The van der Waals surface area contributed by atoms with Crippen LogP contribution in [0.3, 0.4) is 0 Å². The Morgan fingerprint density at radius 1 is 0.800 bits per heavy atom. The lowest BCUT2D eigenvalue weighted by Crippen LogP contribution is -2.13. The lowest BCUT2D eigenvalue weighted by molar-refractivity contribution is 0.102. The van der Waals surface area contributed by atoms with Crippen LogP contribution in [-0.4, -0.2) is 21.7 Å². The van der Waals surface area contributed by atoms with Gasteiger partial charge in [0, 0.05) is 29.2 Å².